The van der Waals surface area contributed by atoms with Gasteiger partial charge in [-0.2, -0.15) is 0 Å². The van der Waals surface area contributed by atoms with E-state index in [4.69, 9.17) is 11.6 Å². The Morgan fingerprint density at radius 3 is 2.82 bits per heavy atom. The first-order chi connectivity index (χ1) is 8.07. The highest BCUT2D eigenvalue weighted by Gasteiger charge is 2.21. The molecule has 1 N–H and O–H groups in total. The first kappa shape index (κ1) is 13.4. The minimum Gasteiger partial charge on any atom is -0.352 e. The van der Waals surface area contributed by atoms with Crippen molar-refractivity contribution in [3.63, 3.8) is 0 Å². The molecule has 0 aliphatic carbocycles. The van der Waals surface area contributed by atoms with Crippen molar-refractivity contribution in [2.24, 2.45) is 0 Å². The number of aryl methyl sites for hydroxylation is 1. The zero-order valence-electron chi connectivity index (χ0n) is 9.40. The Morgan fingerprint density at radius 2 is 2.24 bits per heavy atom. The van der Waals surface area contributed by atoms with Crippen molar-refractivity contribution in [3.8, 4) is 0 Å². The Bertz CT molecular complexity index is 435. The third-order valence-electron chi connectivity index (χ3n) is 2.27. The number of benzene rings is 1. The lowest BCUT2D eigenvalue weighted by Gasteiger charge is -2.07. The topological polar surface area (TPSA) is 72.2 Å². The van der Waals surface area contributed by atoms with Crippen molar-refractivity contribution < 1.29 is 9.72 Å². The van der Waals surface area contributed by atoms with Crippen molar-refractivity contribution in [2.75, 3.05) is 12.4 Å². The van der Waals surface area contributed by atoms with Crippen molar-refractivity contribution in [3.05, 3.63) is 39.4 Å². The van der Waals surface area contributed by atoms with Gasteiger partial charge in [0.25, 0.3) is 11.6 Å². The Balaban J connectivity index is 2.95. The van der Waals surface area contributed by atoms with Gasteiger partial charge in [0.15, 0.2) is 0 Å². The lowest BCUT2D eigenvalue weighted by atomic mass is 10.1. The molecule has 0 aromatic heterocycles. The molecule has 6 heteroatoms. The van der Waals surface area contributed by atoms with Gasteiger partial charge in [-0.3, -0.25) is 14.9 Å². The molecule has 5 nitrogen and oxygen atoms in total. The second-order valence-electron chi connectivity index (χ2n) is 3.52. The predicted octanol–water partition coefficient (Wildman–Crippen LogP) is 2.26. The molecule has 0 radical (unpaired) electrons. The zero-order valence-corrected chi connectivity index (χ0v) is 10.2. The molecule has 0 spiro atoms. The molecule has 0 bridgehead atoms. The molecule has 1 aromatic rings. The Hall–Kier alpha value is -1.62. The van der Waals surface area contributed by atoms with Gasteiger partial charge < -0.3 is 5.32 Å². The van der Waals surface area contributed by atoms with Crippen LogP contribution in [0.5, 0.6) is 0 Å². The van der Waals surface area contributed by atoms with Gasteiger partial charge in [-0.1, -0.05) is 12.1 Å². The average molecular weight is 257 g/mol. The van der Waals surface area contributed by atoms with E-state index in [1.807, 2.05) is 0 Å². The maximum Gasteiger partial charge on any atom is 0.282 e. The maximum atomic E-state index is 11.8. The molecular formula is C11H13ClN2O3. The summed E-state index contributed by atoms with van der Waals surface area (Å²) in [6.45, 7) is 2.08. The van der Waals surface area contributed by atoms with Gasteiger partial charge in [-0.25, -0.2) is 0 Å². The summed E-state index contributed by atoms with van der Waals surface area (Å²) >= 11 is 5.48. The molecule has 0 unspecified atom stereocenters. The van der Waals surface area contributed by atoms with E-state index in [-0.39, 0.29) is 11.3 Å². The van der Waals surface area contributed by atoms with Crippen LogP contribution in [0.4, 0.5) is 5.69 Å². The van der Waals surface area contributed by atoms with Crippen LogP contribution in [0.25, 0.3) is 0 Å². The standard InChI is InChI=1S/C11H13ClN2O3/c1-8-4-2-5-9(14(16)17)10(8)11(15)13-7-3-6-12/h2,4-5H,3,6-7H2,1H3,(H,13,15). The van der Waals surface area contributed by atoms with E-state index >= 15 is 0 Å². The molecule has 1 aromatic carbocycles. The Kier molecular flexibility index (Phi) is 4.90. The highest BCUT2D eigenvalue weighted by Crippen LogP contribution is 2.21. The second kappa shape index (κ2) is 6.20. The van der Waals surface area contributed by atoms with Crippen LogP contribution in [-0.4, -0.2) is 23.3 Å². The van der Waals surface area contributed by atoms with Crippen molar-refractivity contribution in [1.82, 2.24) is 5.32 Å². The number of nitrogens with one attached hydrogen (secondary N) is 1. The minimum absolute atomic E-state index is 0.118. The van der Waals surface area contributed by atoms with Gasteiger partial charge >= 0.3 is 0 Å². The van der Waals surface area contributed by atoms with E-state index in [0.29, 0.717) is 24.4 Å². The molecule has 0 fully saturated rings. The van der Waals surface area contributed by atoms with Crippen molar-refractivity contribution in [1.29, 1.82) is 0 Å². The van der Waals surface area contributed by atoms with Crippen LogP contribution in [0.15, 0.2) is 18.2 Å². The number of hydrogen-bond donors (Lipinski definition) is 1. The maximum absolute atomic E-state index is 11.8. The van der Waals surface area contributed by atoms with E-state index in [0.717, 1.165) is 0 Å². The van der Waals surface area contributed by atoms with Crippen LogP contribution >= 0.6 is 11.6 Å². The highest BCUT2D eigenvalue weighted by atomic mass is 35.5. The molecule has 1 rings (SSSR count). The molecule has 0 atom stereocenters. The predicted molar refractivity (Wildman–Crippen MR) is 65.5 cm³/mol. The van der Waals surface area contributed by atoms with Gasteiger partial charge in [-0.15, -0.1) is 11.6 Å². The summed E-state index contributed by atoms with van der Waals surface area (Å²) in [5.41, 5.74) is 0.531. The molecule has 0 aliphatic rings. The number of nitro groups is 1. The van der Waals surface area contributed by atoms with Crippen LogP contribution < -0.4 is 5.32 Å². The van der Waals surface area contributed by atoms with Gasteiger partial charge in [-0.05, 0) is 18.9 Å². The lowest BCUT2D eigenvalue weighted by molar-refractivity contribution is -0.385. The number of rotatable bonds is 5. The first-order valence-electron chi connectivity index (χ1n) is 5.16. The number of carbonyl (C=O) groups excluding carboxylic acids is 1. The van der Waals surface area contributed by atoms with Crippen LogP contribution in [0, 0.1) is 17.0 Å². The van der Waals surface area contributed by atoms with Crippen molar-refractivity contribution >= 4 is 23.2 Å². The van der Waals surface area contributed by atoms with Crippen LogP contribution in [0.2, 0.25) is 0 Å². The monoisotopic (exact) mass is 256 g/mol. The van der Waals surface area contributed by atoms with E-state index in [2.05, 4.69) is 5.32 Å². The van der Waals surface area contributed by atoms with Gasteiger partial charge in [0, 0.05) is 18.5 Å². The van der Waals surface area contributed by atoms with E-state index in [9.17, 15) is 14.9 Å². The number of amides is 1. The number of hydrogen-bond acceptors (Lipinski definition) is 3. The third-order valence-corrected chi connectivity index (χ3v) is 2.54. The molecule has 92 valence electrons. The summed E-state index contributed by atoms with van der Waals surface area (Å²) in [6, 6.07) is 4.55. The molecule has 17 heavy (non-hydrogen) atoms. The van der Waals surface area contributed by atoms with Crippen LogP contribution in [0.3, 0.4) is 0 Å². The molecule has 1 amide bonds. The summed E-state index contributed by atoms with van der Waals surface area (Å²) in [4.78, 5) is 22.1. The number of alkyl halides is 1. The lowest BCUT2D eigenvalue weighted by Crippen LogP contribution is -2.26. The average Bonchev–Trinajstić information content (AvgIpc) is 2.28. The summed E-state index contributed by atoms with van der Waals surface area (Å²) in [6.07, 6.45) is 0.632. The Morgan fingerprint density at radius 1 is 1.53 bits per heavy atom. The number of nitro benzene ring substituents is 1. The molecule has 0 saturated heterocycles. The fraction of sp³-hybridized carbons (Fsp3) is 0.364. The molecule has 0 aliphatic heterocycles. The summed E-state index contributed by atoms with van der Waals surface area (Å²) < 4.78 is 0. The number of carbonyl (C=O) groups is 1. The fourth-order valence-corrected chi connectivity index (χ4v) is 1.59. The number of nitrogens with zero attached hydrogens (tertiary/aromatic N) is 1. The second-order valence-corrected chi connectivity index (χ2v) is 3.90. The van der Waals surface area contributed by atoms with E-state index < -0.39 is 10.8 Å². The fourth-order valence-electron chi connectivity index (χ4n) is 1.46. The summed E-state index contributed by atoms with van der Waals surface area (Å²) in [5.74, 6) is 0.00999. The number of halogens is 1. The zero-order chi connectivity index (χ0) is 12.8. The molecule has 0 saturated carbocycles. The van der Waals surface area contributed by atoms with Gasteiger partial charge in [0.1, 0.15) is 5.56 Å². The third kappa shape index (κ3) is 3.42. The van der Waals surface area contributed by atoms with Gasteiger partial charge in [0.05, 0.1) is 4.92 Å². The van der Waals surface area contributed by atoms with Crippen LogP contribution in [-0.2, 0) is 0 Å². The molecular weight excluding hydrogens is 244 g/mol. The smallest absolute Gasteiger partial charge is 0.282 e. The van der Waals surface area contributed by atoms with E-state index in [1.165, 1.54) is 6.07 Å². The minimum atomic E-state index is -0.552. The SMILES string of the molecule is Cc1cccc([N+](=O)[O-])c1C(=O)NCCCCl. The Labute approximate surface area is 104 Å². The highest BCUT2D eigenvalue weighted by molar-refractivity contribution is 6.17. The first-order valence-corrected chi connectivity index (χ1v) is 5.69. The molecule has 0 heterocycles. The van der Waals surface area contributed by atoms with Crippen molar-refractivity contribution in [2.45, 2.75) is 13.3 Å². The summed E-state index contributed by atoms with van der Waals surface area (Å²) in [7, 11) is 0. The van der Waals surface area contributed by atoms with Gasteiger partial charge in [0.2, 0.25) is 0 Å². The normalized spacial score (nSPS) is 10.0. The van der Waals surface area contributed by atoms with E-state index in [1.54, 1.807) is 19.1 Å². The largest absolute Gasteiger partial charge is 0.352 e. The quantitative estimate of drug-likeness (QED) is 0.380. The van der Waals surface area contributed by atoms with Crippen LogP contribution in [0.1, 0.15) is 22.3 Å². The summed E-state index contributed by atoms with van der Waals surface area (Å²) in [5, 5.41) is 13.4.